The largest absolute Gasteiger partial charge is 0.497 e. The Morgan fingerprint density at radius 3 is 2.27 bits per heavy atom. The van der Waals surface area contributed by atoms with E-state index in [1.165, 1.54) is 24.9 Å². The van der Waals surface area contributed by atoms with Gasteiger partial charge in [-0.05, 0) is 67.6 Å². The van der Waals surface area contributed by atoms with E-state index in [-0.39, 0.29) is 11.9 Å². The summed E-state index contributed by atoms with van der Waals surface area (Å²) in [7, 11) is 1.65. The Morgan fingerprint density at radius 2 is 1.69 bits per heavy atom. The third-order valence-corrected chi connectivity index (χ3v) is 5.08. The van der Waals surface area contributed by atoms with Crippen molar-refractivity contribution in [3.8, 4) is 5.75 Å². The number of hydrogen-bond acceptors (Lipinski definition) is 3. The lowest BCUT2D eigenvalue weighted by atomic mass is 10.0. The molecule has 1 fully saturated rings. The SMILES string of the molecule is CCC(NC(=O)c1ccc(N2CCCCC2)cc1)c1ccc(OC)cc1. The van der Waals surface area contributed by atoms with Crippen LogP contribution in [0.2, 0.25) is 0 Å². The highest BCUT2D eigenvalue weighted by Gasteiger charge is 2.15. The van der Waals surface area contributed by atoms with Crippen LogP contribution in [0.15, 0.2) is 48.5 Å². The Labute approximate surface area is 156 Å². The maximum atomic E-state index is 12.6. The normalized spacial score (nSPS) is 15.4. The first-order valence-electron chi connectivity index (χ1n) is 9.51. The third kappa shape index (κ3) is 4.37. The number of methoxy groups -OCH3 is 1. The van der Waals surface area contributed by atoms with E-state index in [9.17, 15) is 4.79 Å². The van der Waals surface area contributed by atoms with E-state index in [1.807, 2.05) is 36.4 Å². The predicted octanol–water partition coefficient (Wildman–Crippen LogP) is 4.57. The minimum atomic E-state index is -0.0298. The zero-order chi connectivity index (χ0) is 18.4. The molecule has 1 amide bonds. The van der Waals surface area contributed by atoms with E-state index in [0.717, 1.165) is 30.8 Å². The van der Waals surface area contributed by atoms with E-state index in [1.54, 1.807) is 7.11 Å². The van der Waals surface area contributed by atoms with Gasteiger partial charge in [0.2, 0.25) is 0 Å². The van der Waals surface area contributed by atoms with Crippen molar-refractivity contribution in [2.45, 2.75) is 38.6 Å². The molecule has 1 heterocycles. The molecule has 0 bridgehead atoms. The number of carbonyl (C=O) groups is 1. The number of nitrogens with zero attached hydrogens (tertiary/aromatic N) is 1. The maximum absolute atomic E-state index is 12.6. The van der Waals surface area contributed by atoms with Gasteiger partial charge in [0.15, 0.2) is 0 Å². The quantitative estimate of drug-likeness (QED) is 0.828. The molecule has 2 aromatic rings. The van der Waals surface area contributed by atoms with Crippen molar-refractivity contribution in [2.24, 2.45) is 0 Å². The molecule has 0 aliphatic carbocycles. The van der Waals surface area contributed by atoms with Gasteiger partial charge in [0, 0.05) is 24.3 Å². The molecule has 0 saturated carbocycles. The van der Waals surface area contributed by atoms with Crippen molar-refractivity contribution in [1.82, 2.24) is 5.32 Å². The molecule has 0 spiro atoms. The summed E-state index contributed by atoms with van der Waals surface area (Å²) in [4.78, 5) is 15.0. The van der Waals surface area contributed by atoms with Gasteiger partial charge in [-0.3, -0.25) is 4.79 Å². The lowest BCUT2D eigenvalue weighted by Crippen LogP contribution is -2.30. The summed E-state index contributed by atoms with van der Waals surface area (Å²) in [5.41, 5.74) is 3.01. The van der Waals surface area contributed by atoms with Gasteiger partial charge in [0.25, 0.3) is 5.91 Å². The highest BCUT2D eigenvalue weighted by atomic mass is 16.5. The van der Waals surface area contributed by atoms with Crippen molar-refractivity contribution in [3.63, 3.8) is 0 Å². The first kappa shape index (κ1) is 18.3. The van der Waals surface area contributed by atoms with Crippen molar-refractivity contribution >= 4 is 11.6 Å². The highest BCUT2D eigenvalue weighted by molar-refractivity contribution is 5.94. The van der Waals surface area contributed by atoms with Gasteiger partial charge in [-0.15, -0.1) is 0 Å². The third-order valence-electron chi connectivity index (χ3n) is 5.08. The van der Waals surface area contributed by atoms with Crippen LogP contribution in [0.25, 0.3) is 0 Å². The standard InChI is InChI=1S/C22H28N2O2/c1-3-21(17-9-13-20(26-2)14-10-17)23-22(25)18-7-11-19(12-8-18)24-15-5-4-6-16-24/h7-14,21H,3-6,15-16H2,1-2H3,(H,23,25). The molecule has 4 nitrogen and oxygen atoms in total. The van der Waals surface area contributed by atoms with Crippen LogP contribution in [0.3, 0.4) is 0 Å². The summed E-state index contributed by atoms with van der Waals surface area (Å²) in [5, 5.41) is 3.14. The minimum absolute atomic E-state index is 0.00447. The minimum Gasteiger partial charge on any atom is -0.497 e. The van der Waals surface area contributed by atoms with Gasteiger partial charge in [-0.1, -0.05) is 19.1 Å². The fourth-order valence-corrected chi connectivity index (χ4v) is 3.47. The second-order valence-corrected chi connectivity index (χ2v) is 6.80. The van der Waals surface area contributed by atoms with Crippen LogP contribution in [0, 0.1) is 0 Å². The van der Waals surface area contributed by atoms with E-state index in [0.29, 0.717) is 5.56 Å². The molecule has 1 atom stereocenters. The van der Waals surface area contributed by atoms with Gasteiger partial charge in [-0.25, -0.2) is 0 Å². The molecule has 26 heavy (non-hydrogen) atoms. The molecule has 1 aliphatic heterocycles. The van der Waals surface area contributed by atoms with Crippen LogP contribution in [0.5, 0.6) is 5.75 Å². The Hall–Kier alpha value is -2.49. The molecule has 138 valence electrons. The summed E-state index contributed by atoms with van der Waals surface area (Å²) in [6.45, 7) is 4.30. The Balaban J connectivity index is 1.65. The number of rotatable bonds is 6. The van der Waals surface area contributed by atoms with Crippen LogP contribution in [0.1, 0.15) is 54.6 Å². The molecule has 3 rings (SSSR count). The highest BCUT2D eigenvalue weighted by Crippen LogP contribution is 2.22. The average Bonchev–Trinajstić information content (AvgIpc) is 2.72. The predicted molar refractivity (Wildman–Crippen MR) is 106 cm³/mol. The Bertz CT molecular complexity index is 704. The van der Waals surface area contributed by atoms with Gasteiger partial charge in [-0.2, -0.15) is 0 Å². The fourth-order valence-electron chi connectivity index (χ4n) is 3.47. The number of benzene rings is 2. The van der Waals surface area contributed by atoms with Gasteiger partial charge >= 0.3 is 0 Å². The first-order valence-corrected chi connectivity index (χ1v) is 9.51. The molecule has 1 aliphatic rings. The summed E-state index contributed by atoms with van der Waals surface area (Å²) >= 11 is 0. The number of hydrogen-bond donors (Lipinski definition) is 1. The monoisotopic (exact) mass is 352 g/mol. The lowest BCUT2D eigenvalue weighted by molar-refractivity contribution is 0.0935. The molecular formula is C22H28N2O2. The number of nitrogens with one attached hydrogen (secondary N) is 1. The van der Waals surface area contributed by atoms with Crippen LogP contribution in [-0.4, -0.2) is 26.1 Å². The summed E-state index contributed by atoms with van der Waals surface area (Å²) in [6.07, 6.45) is 4.66. The van der Waals surface area contributed by atoms with Crippen LogP contribution >= 0.6 is 0 Å². The second kappa shape index (κ2) is 8.75. The molecule has 1 unspecified atom stereocenters. The molecule has 4 heteroatoms. The lowest BCUT2D eigenvalue weighted by Gasteiger charge is -2.28. The van der Waals surface area contributed by atoms with Gasteiger partial charge in [0.05, 0.1) is 13.2 Å². The zero-order valence-electron chi connectivity index (χ0n) is 15.7. The molecule has 1 N–H and O–H groups in total. The zero-order valence-corrected chi connectivity index (χ0v) is 15.7. The molecule has 0 aromatic heterocycles. The molecular weight excluding hydrogens is 324 g/mol. The summed E-state index contributed by atoms with van der Waals surface area (Å²) in [6, 6.07) is 15.9. The molecule has 1 saturated heterocycles. The number of ether oxygens (including phenoxy) is 1. The number of piperidine rings is 1. The number of anilines is 1. The number of amides is 1. The van der Waals surface area contributed by atoms with Crippen LogP contribution in [-0.2, 0) is 0 Å². The van der Waals surface area contributed by atoms with Crippen molar-refractivity contribution in [2.75, 3.05) is 25.1 Å². The topological polar surface area (TPSA) is 41.6 Å². The first-order chi connectivity index (χ1) is 12.7. The summed E-state index contributed by atoms with van der Waals surface area (Å²) < 4.78 is 5.20. The average molecular weight is 352 g/mol. The fraction of sp³-hybridized carbons (Fsp3) is 0.409. The van der Waals surface area contributed by atoms with Crippen LogP contribution in [0.4, 0.5) is 5.69 Å². The van der Waals surface area contributed by atoms with Crippen LogP contribution < -0.4 is 15.0 Å². The van der Waals surface area contributed by atoms with Gasteiger partial charge in [0.1, 0.15) is 5.75 Å². The second-order valence-electron chi connectivity index (χ2n) is 6.80. The van der Waals surface area contributed by atoms with E-state index >= 15 is 0 Å². The molecule has 2 aromatic carbocycles. The van der Waals surface area contributed by atoms with Crippen molar-refractivity contribution in [1.29, 1.82) is 0 Å². The Morgan fingerprint density at radius 1 is 1.04 bits per heavy atom. The summed E-state index contributed by atoms with van der Waals surface area (Å²) in [5.74, 6) is 0.793. The number of carbonyl (C=O) groups excluding carboxylic acids is 1. The van der Waals surface area contributed by atoms with Gasteiger partial charge < -0.3 is 15.0 Å². The molecule has 0 radical (unpaired) electrons. The Kier molecular flexibility index (Phi) is 6.16. The van der Waals surface area contributed by atoms with E-state index in [2.05, 4.69) is 29.3 Å². The van der Waals surface area contributed by atoms with E-state index in [4.69, 9.17) is 4.74 Å². The van der Waals surface area contributed by atoms with E-state index < -0.39 is 0 Å². The van der Waals surface area contributed by atoms with Crippen molar-refractivity contribution < 1.29 is 9.53 Å². The van der Waals surface area contributed by atoms with Crippen molar-refractivity contribution in [3.05, 3.63) is 59.7 Å². The maximum Gasteiger partial charge on any atom is 0.251 e. The smallest absolute Gasteiger partial charge is 0.251 e.